The number of rotatable bonds is 10. The van der Waals surface area contributed by atoms with E-state index in [0.717, 1.165) is 20.6 Å². The predicted molar refractivity (Wildman–Crippen MR) is 160 cm³/mol. The Labute approximate surface area is 244 Å². The second-order valence-electron chi connectivity index (χ2n) is 10.3. The van der Waals surface area contributed by atoms with Gasteiger partial charge in [-0.25, -0.2) is 8.42 Å². The number of anilines is 1. The molecular formula is C29H33BrClN3O4S. The normalized spacial score (nSPS) is 12.5. The quantitative estimate of drug-likeness (QED) is 0.323. The number of sulfonamides is 1. The molecule has 7 nitrogen and oxygen atoms in total. The van der Waals surface area contributed by atoms with Gasteiger partial charge in [-0.1, -0.05) is 76.1 Å². The first-order valence-electron chi connectivity index (χ1n) is 12.4. The van der Waals surface area contributed by atoms with Crippen LogP contribution in [0.2, 0.25) is 5.02 Å². The highest BCUT2D eigenvalue weighted by Crippen LogP contribution is 2.24. The third kappa shape index (κ3) is 9.08. The Morgan fingerprint density at radius 3 is 2.10 bits per heavy atom. The Morgan fingerprint density at radius 2 is 1.54 bits per heavy atom. The monoisotopic (exact) mass is 633 g/mol. The summed E-state index contributed by atoms with van der Waals surface area (Å²) in [6, 6.07) is 22.2. The lowest BCUT2D eigenvalue weighted by Crippen LogP contribution is -2.56. The van der Waals surface area contributed by atoms with E-state index < -0.39 is 34.1 Å². The zero-order chi connectivity index (χ0) is 28.8. The van der Waals surface area contributed by atoms with Crippen LogP contribution in [0.15, 0.2) is 83.3 Å². The Bertz CT molecular complexity index is 1390. The smallest absolute Gasteiger partial charge is 0.244 e. The van der Waals surface area contributed by atoms with E-state index in [1.165, 1.54) is 4.90 Å². The van der Waals surface area contributed by atoms with Crippen molar-refractivity contribution in [2.75, 3.05) is 17.1 Å². The van der Waals surface area contributed by atoms with E-state index in [4.69, 9.17) is 11.6 Å². The number of benzene rings is 3. The molecule has 0 fully saturated rings. The van der Waals surface area contributed by atoms with Crippen LogP contribution in [0.1, 0.15) is 31.9 Å². The van der Waals surface area contributed by atoms with E-state index in [0.29, 0.717) is 16.3 Å². The molecule has 0 saturated carbocycles. The molecule has 0 aliphatic rings. The van der Waals surface area contributed by atoms with Gasteiger partial charge in [-0.2, -0.15) is 0 Å². The number of carbonyl (C=O) groups excluding carboxylic acids is 2. The first kappa shape index (κ1) is 30.7. The Balaban J connectivity index is 2.08. The lowest BCUT2D eigenvalue weighted by Gasteiger charge is -2.35. The fourth-order valence-corrected chi connectivity index (χ4v) is 5.35. The molecule has 1 atom stereocenters. The lowest BCUT2D eigenvalue weighted by molar-refractivity contribution is -0.140. The van der Waals surface area contributed by atoms with Crippen molar-refractivity contribution in [3.63, 3.8) is 0 Å². The molecule has 0 bridgehead atoms. The Morgan fingerprint density at radius 1 is 0.949 bits per heavy atom. The van der Waals surface area contributed by atoms with Crippen LogP contribution in [0, 0.1) is 0 Å². The van der Waals surface area contributed by atoms with Gasteiger partial charge in [-0.05, 0) is 62.2 Å². The van der Waals surface area contributed by atoms with Crippen molar-refractivity contribution >= 4 is 55.1 Å². The van der Waals surface area contributed by atoms with Crippen molar-refractivity contribution < 1.29 is 18.0 Å². The third-order valence-electron chi connectivity index (χ3n) is 5.86. The van der Waals surface area contributed by atoms with Crippen molar-refractivity contribution in [3.8, 4) is 0 Å². The van der Waals surface area contributed by atoms with Crippen molar-refractivity contribution in [3.05, 3.63) is 99.5 Å². The minimum atomic E-state index is -3.83. The fraction of sp³-hybridized carbons (Fsp3) is 0.310. The molecule has 1 unspecified atom stereocenters. The zero-order valence-electron chi connectivity index (χ0n) is 22.4. The average Bonchev–Trinajstić information content (AvgIpc) is 2.85. The van der Waals surface area contributed by atoms with Gasteiger partial charge in [-0.15, -0.1) is 0 Å². The SMILES string of the molecule is CC(C)(C)NC(=O)C(Cc1ccccc1)N(Cc1ccccc1Cl)C(=O)CN(c1ccc(Br)cc1)S(C)(=O)=O. The molecule has 0 heterocycles. The highest BCUT2D eigenvalue weighted by atomic mass is 79.9. The molecule has 10 heteroatoms. The van der Waals surface area contributed by atoms with Crippen molar-refractivity contribution in [2.24, 2.45) is 0 Å². The van der Waals surface area contributed by atoms with Crippen LogP contribution in [0.25, 0.3) is 0 Å². The largest absolute Gasteiger partial charge is 0.350 e. The van der Waals surface area contributed by atoms with Gasteiger partial charge in [0, 0.05) is 28.0 Å². The van der Waals surface area contributed by atoms with Crippen LogP contribution < -0.4 is 9.62 Å². The fourth-order valence-electron chi connectivity index (χ4n) is 4.04. The van der Waals surface area contributed by atoms with E-state index in [1.54, 1.807) is 48.5 Å². The summed E-state index contributed by atoms with van der Waals surface area (Å²) in [4.78, 5) is 29.2. The van der Waals surface area contributed by atoms with Crippen LogP contribution in [0.5, 0.6) is 0 Å². The van der Waals surface area contributed by atoms with Crippen LogP contribution in [0.3, 0.4) is 0 Å². The summed E-state index contributed by atoms with van der Waals surface area (Å²) in [5.41, 5.74) is 1.28. The van der Waals surface area contributed by atoms with Gasteiger partial charge in [0.05, 0.1) is 11.9 Å². The molecule has 0 aliphatic heterocycles. The maximum Gasteiger partial charge on any atom is 0.244 e. The van der Waals surface area contributed by atoms with Crippen molar-refractivity contribution in [1.29, 1.82) is 0 Å². The number of carbonyl (C=O) groups is 2. The summed E-state index contributed by atoms with van der Waals surface area (Å²) >= 11 is 9.82. The maximum absolute atomic E-state index is 14.0. The maximum atomic E-state index is 14.0. The second-order valence-corrected chi connectivity index (χ2v) is 13.5. The molecule has 2 amide bonds. The van der Waals surface area contributed by atoms with Gasteiger partial charge < -0.3 is 10.2 Å². The van der Waals surface area contributed by atoms with E-state index >= 15 is 0 Å². The van der Waals surface area contributed by atoms with E-state index in [2.05, 4.69) is 21.2 Å². The topological polar surface area (TPSA) is 86.8 Å². The average molecular weight is 635 g/mol. The molecule has 3 aromatic rings. The number of amides is 2. The standard InChI is InChI=1S/C29H33BrClN3O4S/c1-29(2,3)32-28(36)26(18-21-10-6-5-7-11-21)33(19-22-12-8-9-13-25(22)31)27(35)20-34(39(4,37)38)24-16-14-23(30)15-17-24/h5-17,26H,18-20H2,1-4H3,(H,32,36). The van der Waals surface area contributed by atoms with Gasteiger partial charge in [0.15, 0.2) is 0 Å². The highest BCUT2D eigenvalue weighted by Gasteiger charge is 2.34. The molecule has 0 spiro atoms. The first-order valence-corrected chi connectivity index (χ1v) is 15.4. The second kappa shape index (κ2) is 13.0. The number of halogens is 2. The molecule has 3 rings (SSSR count). The summed E-state index contributed by atoms with van der Waals surface area (Å²) in [6.45, 7) is 5.13. The molecule has 1 N–H and O–H groups in total. The lowest BCUT2D eigenvalue weighted by atomic mass is 10.0. The zero-order valence-corrected chi connectivity index (χ0v) is 25.6. The van der Waals surface area contributed by atoms with Gasteiger partial charge in [0.1, 0.15) is 12.6 Å². The van der Waals surface area contributed by atoms with E-state index in [1.807, 2.05) is 51.1 Å². The Kier molecular flexibility index (Phi) is 10.2. The summed E-state index contributed by atoms with van der Waals surface area (Å²) in [5.74, 6) is -0.880. The van der Waals surface area contributed by atoms with Crippen molar-refractivity contribution in [1.82, 2.24) is 10.2 Å². The Hall–Kier alpha value is -2.88. The molecule has 0 saturated heterocycles. The molecule has 0 radical (unpaired) electrons. The number of hydrogen-bond acceptors (Lipinski definition) is 4. The highest BCUT2D eigenvalue weighted by molar-refractivity contribution is 9.10. The molecule has 0 aliphatic carbocycles. The summed E-state index contributed by atoms with van der Waals surface area (Å²) < 4.78 is 27.4. The first-order chi connectivity index (χ1) is 18.2. The number of nitrogens with one attached hydrogen (secondary N) is 1. The van der Waals surface area contributed by atoms with Crippen LogP contribution >= 0.6 is 27.5 Å². The molecule has 208 valence electrons. The van der Waals surface area contributed by atoms with E-state index in [9.17, 15) is 18.0 Å². The third-order valence-corrected chi connectivity index (χ3v) is 7.90. The minimum Gasteiger partial charge on any atom is -0.350 e. The summed E-state index contributed by atoms with van der Waals surface area (Å²) in [7, 11) is -3.83. The predicted octanol–water partition coefficient (Wildman–Crippen LogP) is 5.42. The van der Waals surface area contributed by atoms with Crippen LogP contribution in [0.4, 0.5) is 5.69 Å². The molecular weight excluding hydrogens is 602 g/mol. The van der Waals surface area contributed by atoms with Gasteiger partial charge in [0.25, 0.3) is 0 Å². The van der Waals surface area contributed by atoms with E-state index in [-0.39, 0.29) is 18.9 Å². The molecule has 3 aromatic carbocycles. The van der Waals surface area contributed by atoms with Crippen LogP contribution in [-0.2, 0) is 32.6 Å². The van der Waals surface area contributed by atoms with Gasteiger partial charge in [-0.3, -0.25) is 13.9 Å². The van der Waals surface area contributed by atoms with Crippen molar-refractivity contribution in [2.45, 2.75) is 45.3 Å². The van der Waals surface area contributed by atoms with Gasteiger partial charge in [0.2, 0.25) is 21.8 Å². The molecule has 0 aromatic heterocycles. The van der Waals surface area contributed by atoms with Crippen LogP contribution in [-0.4, -0.2) is 49.5 Å². The number of hydrogen-bond donors (Lipinski definition) is 1. The minimum absolute atomic E-state index is 0.0194. The molecule has 39 heavy (non-hydrogen) atoms. The van der Waals surface area contributed by atoms with Gasteiger partial charge >= 0.3 is 0 Å². The summed E-state index contributed by atoms with van der Waals surface area (Å²) in [5, 5.41) is 3.44. The summed E-state index contributed by atoms with van der Waals surface area (Å²) in [6.07, 6.45) is 1.28. The number of nitrogens with zero attached hydrogens (tertiary/aromatic N) is 2.